The van der Waals surface area contributed by atoms with E-state index < -0.39 is 0 Å². The van der Waals surface area contributed by atoms with E-state index in [0.29, 0.717) is 6.61 Å². The Morgan fingerprint density at radius 3 is 1.71 bits per heavy atom. The topological polar surface area (TPSA) is 19.0 Å². The number of ether oxygens (including phenoxy) is 1. The second-order valence-corrected chi connectivity index (χ2v) is 8.91. The number of anilines is 3. The Labute approximate surface area is 209 Å². The Kier molecular flexibility index (Phi) is 7.61. The Bertz CT molecular complexity index is 1100. The molecule has 1 aliphatic heterocycles. The third-order valence-electron chi connectivity index (χ3n) is 6.57. The zero-order valence-corrected chi connectivity index (χ0v) is 20.2. The summed E-state index contributed by atoms with van der Waals surface area (Å²) < 4.78 is 6.08. The van der Waals surface area contributed by atoms with Crippen molar-refractivity contribution in [2.24, 2.45) is 0 Å². The van der Waals surface area contributed by atoms with Gasteiger partial charge in [-0.2, -0.15) is 0 Å². The number of piperazine rings is 1. The summed E-state index contributed by atoms with van der Waals surface area (Å²) in [5, 5.41) is 0. The lowest BCUT2D eigenvalue weighted by molar-refractivity contribution is 0.200. The van der Waals surface area contributed by atoms with Crippen LogP contribution in [0.15, 0.2) is 115 Å². The molecule has 1 saturated heterocycles. The van der Waals surface area contributed by atoms with E-state index in [0.717, 1.165) is 45.0 Å². The second kappa shape index (κ2) is 11.6. The largest absolute Gasteiger partial charge is 0.492 e. The molecule has 0 aliphatic carbocycles. The molecule has 4 nitrogen and oxygen atoms in total. The van der Waals surface area contributed by atoms with Crippen LogP contribution in [0.1, 0.15) is 5.56 Å². The summed E-state index contributed by atoms with van der Waals surface area (Å²) >= 11 is 0. The second-order valence-electron chi connectivity index (χ2n) is 8.91. The number of rotatable bonds is 9. The van der Waals surface area contributed by atoms with Gasteiger partial charge in [0.1, 0.15) is 12.4 Å². The van der Waals surface area contributed by atoms with Crippen molar-refractivity contribution in [3.8, 4) is 5.75 Å². The van der Waals surface area contributed by atoms with Gasteiger partial charge >= 0.3 is 0 Å². The number of hydrogen-bond donors (Lipinski definition) is 0. The van der Waals surface area contributed by atoms with Gasteiger partial charge in [-0.25, -0.2) is 0 Å². The molecule has 35 heavy (non-hydrogen) atoms. The first-order chi connectivity index (χ1) is 17.3. The van der Waals surface area contributed by atoms with Crippen LogP contribution in [-0.4, -0.2) is 44.2 Å². The van der Waals surface area contributed by atoms with Crippen LogP contribution in [0.4, 0.5) is 17.1 Å². The molecule has 4 aromatic rings. The zero-order chi connectivity index (χ0) is 23.7. The third kappa shape index (κ3) is 6.23. The van der Waals surface area contributed by atoms with Gasteiger partial charge in [0.25, 0.3) is 0 Å². The minimum absolute atomic E-state index is 0.713. The van der Waals surface area contributed by atoms with Gasteiger partial charge in [-0.3, -0.25) is 4.90 Å². The third-order valence-corrected chi connectivity index (χ3v) is 6.57. The lowest BCUT2D eigenvalue weighted by Gasteiger charge is -2.36. The number of hydrogen-bond acceptors (Lipinski definition) is 4. The van der Waals surface area contributed by atoms with Crippen molar-refractivity contribution in [2.75, 3.05) is 49.1 Å². The van der Waals surface area contributed by atoms with Gasteiger partial charge in [-0.1, -0.05) is 66.7 Å². The van der Waals surface area contributed by atoms with E-state index in [-0.39, 0.29) is 0 Å². The number of para-hydroxylation sites is 3. The van der Waals surface area contributed by atoms with Crippen molar-refractivity contribution in [3.63, 3.8) is 0 Å². The minimum Gasteiger partial charge on any atom is -0.492 e. The summed E-state index contributed by atoms with van der Waals surface area (Å²) in [6.07, 6.45) is 0. The summed E-state index contributed by atoms with van der Waals surface area (Å²) in [5.74, 6) is 0.933. The normalized spacial score (nSPS) is 14.0. The lowest BCUT2D eigenvalue weighted by atomic mass is 10.1. The monoisotopic (exact) mass is 463 g/mol. The maximum absolute atomic E-state index is 6.08. The highest BCUT2D eigenvalue weighted by Gasteiger charge is 2.17. The van der Waals surface area contributed by atoms with Gasteiger partial charge in [0.15, 0.2) is 0 Å². The first kappa shape index (κ1) is 23.0. The maximum Gasteiger partial charge on any atom is 0.119 e. The molecule has 0 saturated carbocycles. The van der Waals surface area contributed by atoms with Crippen LogP contribution in [0.2, 0.25) is 0 Å². The molecule has 0 unspecified atom stereocenters. The Balaban J connectivity index is 1.12. The molecule has 0 radical (unpaired) electrons. The minimum atomic E-state index is 0.713. The van der Waals surface area contributed by atoms with E-state index >= 15 is 0 Å². The molecular formula is C31H33N3O. The highest BCUT2D eigenvalue weighted by Crippen LogP contribution is 2.27. The van der Waals surface area contributed by atoms with Crippen molar-refractivity contribution in [1.29, 1.82) is 0 Å². The van der Waals surface area contributed by atoms with E-state index in [1.807, 2.05) is 0 Å². The highest BCUT2D eigenvalue weighted by molar-refractivity contribution is 5.63. The fraction of sp³-hybridized carbons (Fsp3) is 0.226. The standard InChI is InChI=1S/C31H33N3O/c1-4-10-28(11-5-1)33-22-20-32(21-23-33)24-25-35-31-18-16-27(17-19-31)26-34(29-12-6-2-7-13-29)30-14-8-3-9-15-30/h1-19H,20-26H2. The Morgan fingerprint density at radius 1 is 0.600 bits per heavy atom. The molecule has 1 aliphatic rings. The van der Waals surface area contributed by atoms with E-state index in [1.54, 1.807) is 0 Å². The van der Waals surface area contributed by atoms with Crippen molar-refractivity contribution in [1.82, 2.24) is 4.90 Å². The summed E-state index contributed by atoms with van der Waals surface area (Å²) in [6.45, 7) is 6.76. The molecule has 5 rings (SSSR count). The van der Waals surface area contributed by atoms with Gasteiger partial charge < -0.3 is 14.5 Å². The Hall–Kier alpha value is -3.76. The molecule has 4 aromatic carbocycles. The average molecular weight is 464 g/mol. The summed E-state index contributed by atoms with van der Waals surface area (Å²) in [5.41, 5.74) is 4.95. The molecule has 4 heteroatoms. The van der Waals surface area contributed by atoms with Crippen molar-refractivity contribution >= 4 is 17.1 Å². The van der Waals surface area contributed by atoms with E-state index in [4.69, 9.17) is 4.74 Å². The van der Waals surface area contributed by atoms with Gasteiger partial charge in [0, 0.05) is 56.3 Å². The van der Waals surface area contributed by atoms with E-state index in [2.05, 4.69) is 130 Å². The molecule has 0 amide bonds. The van der Waals surface area contributed by atoms with Gasteiger partial charge in [-0.05, 0) is 54.1 Å². The number of benzene rings is 4. The molecule has 0 aromatic heterocycles. The summed E-state index contributed by atoms with van der Waals surface area (Å²) in [7, 11) is 0. The molecular weight excluding hydrogens is 430 g/mol. The quantitative estimate of drug-likeness (QED) is 0.293. The molecule has 178 valence electrons. The van der Waals surface area contributed by atoms with Gasteiger partial charge in [0.2, 0.25) is 0 Å². The molecule has 0 N–H and O–H groups in total. The maximum atomic E-state index is 6.08. The first-order valence-electron chi connectivity index (χ1n) is 12.5. The van der Waals surface area contributed by atoms with Crippen LogP contribution < -0.4 is 14.5 Å². The zero-order valence-electron chi connectivity index (χ0n) is 20.2. The summed E-state index contributed by atoms with van der Waals surface area (Å²) in [6, 6.07) is 40.3. The van der Waals surface area contributed by atoms with E-state index in [1.165, 1.54) is 22.6 Å². The van der Waals surface area contributed by atoms with Gasteiger partial charge in [-0.15, -0.1) is 0 Å². The SMILES string of the molecule is c1ccc(N2CCN(CCOc3ccc(CN(c4ccccc4)c4ccccc4)cc3)CC2)cc1. The fourth-order valence-corrected chi connectivity index (χ4v) is 4.58. The predicted molar refractivity (Wildman–Crippen MR) is 146 cm³/mol. The highest BCUT2D eigenvalue weighted by atomic mass is 16.5. The average Bonchev–Trinajstić information content (AvgIpc) is 2.94. The van der Waals surface area contributed by atoms with Gasteiger partial charge in [0.05, 0.1) is 0 Å². The lowest BCUT2D eigenvalue weighted by Crippen LogP contribution is -2.47. The molecule has 0 spiro atoms. The Morgan fingerprint density at radius 2 is 1.14 bits per heavy atom. The smallest absolute Gasteiger partial charge is 0.119 e. The van der Waals surface area contributed by atoms with Crippen LogP contribution in [0.3, 0.4) is 0 Å². The molecule has 0 bridgehead atoms. The van der Waals surface area contributed by atoms with Crippen LogP contribution in [-0.2, 0) is 6.54 Å². The predicted octanol–water partition coefficient (Wildman–Crippen LogP) is 6.23. The van der Waals surface area contributed by atoms with Crippen molar-refractivity contribution in [3.05, 3.63) is 121 Å². The van der Waals surface area contributed by atoms with Crippen LogP contribution in [0.5, 0.6) is 5.75 Å². The molecule has 1 heterocycles. The number of nitrogens with zero attached hydrogens (tertiary/aromatic N) is 3. The van der Waals surface area contributed by atoms with Crippen LogP contribution in [0, 0.1) is 0 Å². The van der Waals surface area contributed by atoms with Crippen LogP contribution >= 0.6 is 0 Å². The van der Waals surface area contributed by atoms with Crippen molar-refractivity contribution in [2.45, 2.75) is 6.54 Å². The summed E-state index contributed by atoms with van der Waals surface area (Å²) in [4.78, 5) is 7.29. The van der Waals surface area contributed by atoms with Crippen molar-refractivity contribution < 1.29 is 4.74 Å². The first-order valence-corrected chi connectivity index (χ1v) is 12.5. The fourth-order valence-electron chi connectivity index (χ4n) is 4.58. The molecule has 0 atom stereocenters. The van der Waals surface area contributed by atoms with Crippen LogP contribution in [0.25, 0.3) is 0 Å². The molecule has 1 fully saturated rings. The van der Waals surface area contributed by atoms with E-state index in [9.17, 15) is 0 Å².